The molecule has 2 N–H and O–H groups in total. The van der Waals surface area contributed by atoms with Gasteiger partial charge in [-0.15, -0.1) is 0 Å². The largest absolute Gasteiger partial charge is 0.398 e. The van der Waals surface area contributed by atoms with E-state index in [1.807, 2.05) is 31.2 Å². The lowest BCUT2D eigenvalue weighted by molar-refractivity contribution is 1.35. The molecule has 0 atom stereocenters. The standard InChI is InChI=1S/C13H12BrNS/c1-9-3-2-4-12(13(9)15)16-11-7-5-10(14)6-8-11/h2-8H,15H2,1H3. The summed E-state index contributed by atoms with van der Waals surface area (Å²) in [5, 5.41) is 0. The fourth-order valence-electron chi connectivity index (χ4n) is 1.37. The van der Waals surface area contributed by atoms with Gasteiger partial charge in [-0.2, -0.15) is 0 Å². The normalized spacial score (nSPS) is 10.4. The molecule has 0 aromatic heterocycles. The van der Waals surface area contributed by atoms with Crippen molar-refractivity contribution in [2.24, 2.45) is 0 Å². The molecular formula is C13H12BrNS. The maximum absolute atomic E-state index is 6.03. The summed E-state index contributed by atoms with van der Waals surface area (Å²) in [5.41, 5.74) is 8.03. The second-order valence-electron chi connectivity index (χ2n) is 3.54. The topological polar surface area (TPSA) is 26.0 Å². The molecule has 2 aromatic rings. The predicted octanol–water partition coefficient (Wildman–Crippen LogP) is 4.49. The number of hydrogen-bond donors (Lipinski definition) is 1. The molecule has 3 heteroatoms. The minimum absolute atomic E-state index is 0.871. The first kappa shape index (κ1) is 11.6. The van der Waals surface area contributed by atoms with Gasteiger partial charge in [0.1, 0.15) is 0 Å². The van der Waals surface area contributed by atoms with Crippen LogP contribution in [0.2, 0.25) is 0 Å². The van der Waals surface area contributed by atoms with E-state index in [1.54, 1.807) is 11.8 Å². The van der Waals surface area contributed by atoms with Crippen molar-refractivity contribution in [3.63, 3.8) is 0 Å². The van der Waals surface area contributed by atoms with Crippen LogP contribution in [0, 0.1) is 6.92 Å². The summed E-state index contributed by atoms with van der Waals surface area (Å²) in [6, 6.07) is 14.3. The van der Waals surface area contributed by atoms with Crippen LogP contribution in [0.5, 0.6) is 0 Å². The van der Waals surface area contributed by atoms with Crippen molar-refractivity contribution >= 4 is 33.4 Å². The van der Waals surface area contributed by atoms with Gasteiger partial charge in [0.2, 0.25) is 0 Å². The molecule has 0 bridgehead atoms. The summed E-state index contributed by atoms with van der Waals surface area (Å²) in [4.78, 5) is 2.31. The second kappa shape index (κ2) is 4.93. The van der Waals surface area contributed by atoms with Crippen molar-refractivity contribution in [1.82, 2.24) is 0 Å². The van der Waals surface area contributed by atoms with Crippen molar-refractivity contribution in [2.75, 3.05) is 5.73 Å². The lowest BCUT2D eigenvalue weighted by atomic mass is 10.2. The highest BCUT2D eigenvalue weighted by atomic mass is 79.9. The molecule has 0 unspecified atom stereocenters. The summed E-state index contributed by atoms with van der Waals surface area (Å²) in [7, 11) is 0. The Morgan fingerprint density at radius 2 is 1.75 bits per heavy atom. The number of anilines is 1. The summed E-state index contributed by atoms with van der Waals surface area (Å²) in [6.07, 6.45) is 0. The Labute approximate surface area is 108 Å². The average molecular weight is 294 g/mol. The van der Waals surface area contributed by atoms with E-state index in [0.29, 0.717) is 0 Å². The molecule has 0 aliphatic rings. The van der Waals surface area contributed by atoms with Crippen molar-refractivity contribution < 1.29 is 0 Å². The van der Waals surface area contributed by atoms with Crippen LogP contribution in [0.4, 0.5) is 5.69 Å². The fourth-order valence-corrected chi connectivity index (χ4v) is 2.58. The van der Waals surface area contributed by atoms with Crippen LogP contribution in [-0.2, 0) is 0 Å². The minimum Gasteiger partial charge on any atom is -0.398 e. The van der Waals surface area contributed by atoms with E-state index in [-0.39, 0.29) is 0 Å². The van der Waals surface area contributed by atoms with E-state index < -0.39 is 0 Å². The van der Waals surface area contributed by atoms with Crippen molar-refractivity contribution in [3.05, 3.63) is 52.5 Å². The molecule has 0 aliphatic carbocycles. The highest BCUT2D eigenvalue weighted by Crippen LogP contribution is 2.33. The zero-order chi connectivity index (χ0) is 11.5. The molecule has 16 heavy (non-hydrogen) atoms. The van der Waals surface area contributed by atoms with E-state index in [0.717, 1.165) is 20.6 Å². The number of nitrogens with two attached hydrogens (primary N) is 1. The summed E-state index contributed by atoms with van der Waals surface area (Å²) in [5.74, 6) is 0. The molecule has 0 radical (unpaired) electrons. The Hall–Kier alpha value is -0.930. The highest BCUT2D eigenvalue weighted by Gasteiger charge is 2.03. The summed E-state index contributed by atoms with van der Waals surface area (Å²) < 4.78 is 1.09. The zero-order valence-corrected chi connectivity index (χ0v) is 11.3. The lowest BCUT2D eigenvalue weighted by Gasteiger charge is -2.07. The van der Waals surface area contributed by atoms with E-state index in [1.165, 1.54) is 4.90 Å². The lowest BCUT2D eigenvalue weighted by Crippen LogP contribution is -1.91. The molecule has 0 heterocycles. The smallest absolute Gasteiger partial charge is 0.0485 e. The molecule has 0 saturated carbocycles. The molecule has 2 rings (SSSR count). The quantitative estimate of drug-likeness (QED) is 0.826. The maximum atomic E-state index is 6.03. The monoisotopic (exact) mass is 293 g/mol. The molecule has 0 amide bonds. The third kappa shape index (κ3) is 2.60. The molecule has 0 fully saturated rings. The van der Waals surface area contributed by atoms with Crippen LogP contribution in [0.25, 0.3) is 0 Å². The van der Waals surface area contributed by atoms with Gasteiger partial charge in [-0.1, -0.05) is 39.8 Å². The van der Waals surface area contributed by atoms with E-state index in [9.17, 15) is 0 Å². The van der Waals surface area contributed by atoms with Crippen LogP contribution >= 0.6 is 27.7 Å². The summed E-state index contributed by atoms with van der Waals surface area (Å²) in [6.45, 7) is 2.03. The van der Waals surface area contributed by atoms with Crippen molar-refractivity contribution in [2.45, 2.75) is 16.7 Å². The third-order valence-corrected chi connectivity index (χ3v) is 3.94. The Bertz CT molecular complexity index is 494. The average Bonchev–Trinajstić information content (AvgIpc) is 2.28. The fraction of sp³-hybridized carbons (Fsp3) is 0.0769. The molecule has 0 aliphatic heterocycles. The number of benzene rings is 2. The molecule has 0 spiro atoms. The van der Waals surface area contributed by atoms with Crippen LogP contribution in [0.15, 0.2) is 56.7 Å². The number of rotatable bonds is 2. The van der Waals surface area contributed by atoms with Gasteiger partial charge in [0.05, 0.1) is 0 Å². The Balaban J connectivity index is 2.27. The SMILES string of the molecule is Cc1cccc(Sc2ccc(Br)cc2)c1N. The predicted molar refractivity (Wildman–Crippen MR) is 73.9 cm³/mol. The number of para-hydroxylation sites is 1. The van der Waals surface area contributed by atoms with Crippen molar-refractivity contribution in [1.29, 1.82) is 0 Å². The van der Waals surface area contributed by atoms with Gasteiger partial charge in [-0.05, 0) is 42.8 Å². The molecule has 1 nitrogen and oxygen atoms in total. The molecule has 82 valence electrons. The van der Waals surface area contributed by atoms with Gasteiger partial charge in [0.15, 0.2) is 0 Å². The van der Waals surface area contributed by atoms with E-state index >= 15 is 0 Å². The minimum atomic E-state index is 0.871. The van der Waals surface area contributed by atoms with Gasteiger partial charge in [0, 0.05) is 20.0 Å². The highest BCUT2D eigenvalue weighted by molar-refractivity contribution is 9.10. The number of hydrogen-bond acceptors (Lipinski definition) is 2. The molecule has 2 aromatic carbocycles. The van der Waals surface area contributed by atoms with E-state index in [2.05, 4.69) is 34.1 Å². The summed E-state index contributed by atoms with van der Waals surface area (Å²) >= 11 is 5.11. The molecule has 0 saturated heterocycles. The van der Waals surface area contributed by atoms with Gasteiger partial charge in [-0.25, -0.2) is 0 Å². The first-order valence-corrected chi connectivity index (χ1v) is 6.56. The van der Waals surface area contributed by atoms with Crippen LogP contribution in [0.1, 0.15) is 5.56 Å². The first-order valence-electron chi connectivity index (χ1n) is 4.95. The Kier molecular flexibility index (Phi) is 3.56. The van der Waals surface area contributed by atoms with Crippen LogP contribution in [0.3, 0.4) is 0 Å². The number of halogens is 1. The van der Waals surface area contributed by atoms with Crippen LogP contribution in [-0.4, -0.2) is 0 Å². The first-order chi connectivity index (χ1) is 7.66. The van der Waals surface area contributed by atoms with Gasteiger partial charge in [-0.3, -0.25) is 0 Å². The van der Waals surface area contributed by atoms with Gasteiger partial charge < -0.3 is 5.73 Å². The van der Waals surface area contributed by atoms with Crippen LogP contribution < -0.4 is 5.73 Å². The molecular weight excluding hydrogens is 282 g/mol. The number of nitrogen functional groups attached to an aromatic ring is 1. The maximum Gasteiger partial charge on any atom is 0.0485 e. The second-order valence-corrected chi connectivity index (χ2v) is 5.57. The Morgan fingerprint density at radius 1 is 1.06 bits per heavy atom. The zero-order valence-electron chi connectivity index (χ0n) is 8.91. The van der Waals surface area contributed by atoms with E-state index in [4.69, 9.17) is 5.73 Å². The number of aryl methyl sites for hydroxylation is 1. The van der Waals surface area contributed by atoms with Gasteiger partial charge in [0.25, 0.3) is 0 Å². The third-order valence-electron chi connectivity index (χ3n) is 2.33. The van der Waals surface area contributed by atoms with Crippen molar-refractivity contribution in [3.8, 4) is 0 Å². The Morgan fingerprint density at radius 3 is 2.44 bits per heavy atom. The van der Waals surface area contributed by atoms with Gasteiger partial charge >= 0.3 is 0 Å².